The Kier molecular flexibility index (Phi) is 8.76. The predicted molar refractivity (Wildman–Crippen MR) is 105 cm³/mol. The number of nitrogens with one attached hydrogen (secondary N) is 2. The molecule has 0 spiro atoms. The van der Waals surface area contributed by atoms with Gasteiger partial charge in [-0.2, -0.15) is 0 Å². The molecule has 0 aliphatic carbocycles. The molecule has 0 heterocycles. The van der Waals surface area contributed by atoms with Crippen LogP contribution in [0.5, 0.6) is 0 Å². The number of urea groups is 1. The number of rotatable bonds is 6. The van der Waals surface area contributed by atoms with Gasteiger partial charge in [0.05, 0.1) is 0 Å². The first-order valence-electron chi connectivity index (χ1n) is 9.22. The van der Waals surface area contributed by atoms with Gasteiger partial charge in [-0.05, 0) is 38.7 Å². The maximum atomic E-state index is 12.4. The number of hydrazine groups is 1. The highest BCUT2D eigenvalue weighted by molar-refractivity contribution is 5.84. The van der Waals surface area contributed by atoms with Crippen molar-refractivity contribution in [3.63, 3.8) is 0 Å². The van der Waals surface area contributed by atoms with Crippen molar-refractivity contribution in [2.45, 2.75) is 59.3 Å². The van der Waals surface area contributed by atoms with Gasteiger partial charge in [0.2, 0.25) is 0 Å². The molecule has 0 bridgehead atoms. The predicted octanol–water partition coefficient (Wildman–Crippen LogP) is 3.23. The highest BCUT2D eigenvalue weighted by atomic mass is 16.6. The minimum absolute atomic E-state index is 0.0794. The molecule has 1 aromatic rings. The highest BCUT2D eigenvalue weighted by Crippen LogP contribution is 2.13. The summed E-state index contributed by atoms with van der Waals surface area (Å²) >= 11 is 0. The molecule has 1 rings (SSSR count). The third kappa shape index (κ3) is 9.25. The first-order valence-corrected chi connectivity index (χ1v) is 9.22. The zero-order valence-corrected chi connectivity index (χ0v) is 17.4. The lowest BCUT2D eigenvalue weighted by molar-refractivity contribution is -0.157. The standard InChI is InChI=1S/C20H31N3O5/c1-14(2)12-16(17(24)28-20(3,4)5)21-18(25)23(6)22-19(26)27-13-15-10-8-7-9-11-15/h7-11,14,16H,12-13H2,1-6H3,(H,21,25)(H,22,26)/t16-/m0/s1. The number of carbonyl (C=O) groups excluding carboxylic acids is 3. The average Bonchev–Trinajstić information content (AvgIpc) is 2.58. The van der Waals surface area contributed by atoms with Crippen LogP contribution in [0.4, 0.5) is 9.59 Å². The second-order valence-electron chi connectivity index (χ2n) is 7.90. The lowest BCUT2D eigenvalue weighted by atomic mass is 10.0. The van der Waals surface area contributed by atoms with Gasteiger partial charge in [-0.25, -0.2) is 24.8 Å². The molecule has 3 amide bonds. The number of ether oxygens (including phenoxy) is 2. The fourth-order valence-electron chi connectivity index (χ4n) is 2.25. The minimum Gasteiger partial charge on any atom is -0.458 e. The Bertz CT molecular complexity index is 656. The minimum atomic E-state index is -0.823. The zero-order valence-electron chi connectivity index (χ0n) is 17.4. The summed E-state index contributed by atoms with van der Waals surface area (Å²) in [4.78, 5) is 36.6. The zero-order chi connectivity index (χ0) is 21.3. The van der Waals surface area contributed by atoms with E-state index in [1.165, 1.54) is 7.05 Å². The molecule has 2 N–H and O–H groups in total. The Morgan fingerprint density at radius 1 is 1.11 bits per heavy atom. The molecule has 0 radical (unpaired) electrons. The molecule has 0 aliphatic rings. The third-order valence-corrected chi connectivity index (χ3v) is 3.47. The summed E-state index contributed by atoms with van der Waals surface area (Å²) in [5, 5.41) is 3.53. The van der Waals surface area contributed by atoms with E-state index in [9.17, 15) is 14.4 Å². The molecule has 1 aromatic carbocycles. The monoisotopic (exact) mass is 393 g/mol. The van der Waals surface area contributed by atoms with Crippen molar-refractivity contribution in [1.29, 1.82) is 0 Å². The van der Waals surface area contributed by atoms with Crippen LogP contribution in [0.1, 0.15) is 46.6 Å². The molecule has 1 atom stereocenters. The summed E-state index contributed by atoms with van der Waals surface area (Å²) in [6.45, 7) is 9.23. The van der Waals surface area contributed by atoms with Gasteiger partial charge in [0.15, 0.2) is 0 Å². The average molecular weight is 393 g/mol. The van der Waals surface area contributed by atoms with Crippen LogP contribution in [0, 0.1) is 5.92 Å². The summed E-state index contributed by atoms with van der Waals surface area (Å²) in [7, 11) is 1.36. The van der Waals surface area contributed by atoms with Gasteiger partial charge >= 0.3 is 18.1 Å². The molecular formula is C20H31N3O5. The molecule has 0 fully saturated rings. The molecule has 0 saturated heterocycles. The van der Waals surface area contributed by atoms with E-state index in [1.54, 1.807) is 20.8 Å². The normalized spacial score (nSPS) is 12.1. The maximum absolute atomic E-state index is 12.4. The van der Waals surface area contributed by atoms with Crippen molar-refractivity contribution >= 4 is 18.1 Å². The molecule has 156 valence electrons. The first kappa shape index (κ1) is 23.3. The summed E-state index contributed by atoms with van der Waals surface area (Å²) in [5.74, 6) is -0.360. The van der Waals surface area contributed by atoms with Crippen molar-refractivity contribution in [2.24, 2.45) is 5.92 Å². The SMILES string of the molecule is CC(C)C[C@H](NC(=O)N(C)NC(=O)OCc1ccccc1)C(=O)OC(C)(C)C. The number of carbonyl (C=O) groups is 3. The van der Waals surface area contributed by atoms with Gasteiger partial charge in [0.1, 0.15) is 18.2 Å². The van der Waals surface area contributed by atoms with E-state index in [0.29, 0.717) is 6.42 Å². The van der Waals surface area contributed by atoms with E-state index in [4.69, 9.17) is 9.47 Å². The van der Waals surface area contributed by atoms with E-state index >= 15 is 0 Å². The Balaban J connectivity index is 2.58. The van der Waals surface area contributed by atoms with Gasteiger partial charge in [0.25, 0.3) is 0 Å². The van der Waals surface area contributed by atoms with Crippen molar-refractivity contribution < 1.29 is 23.9 Å². The highest BCUT2D eigenvalue weighted by Gasteiger charge is 2.28. The van der Waals surface area contributed by atoms with Crippen molar-refractivity contribution in [3.05, 3.63) is 35.9 Å². The topological polar surface area (TPSA) is 97.0 Å². The molecule has 28 heavy (non-hydrogen) atoms. The quantitative estimate of drug-likeness (QED) is 0.571. The Morgan fingerprint density at radius 2 is 1.71 bits per heavy atom. The van der Waals surface area contributed by atoms with E-state index in [0.717, 1.165) is 10.6 Å². The van der Waals surface area contributed by atoms with Crippen molar-refractivity contribution in [2.75, 3.05) is 7.05 Å². The van der Waals surface area contributed by atoms with Crippen molar-refractivity contribution in [1.82, 2.24) is 15.8 Å². The second-order valence-corrected chi connectivity index (χ2v) is 7.90. The van der Waals surface area contributed by atoms with Crippen LogP contribution < -0.4 is 10.7 Å². The summed E-state index contributed by atoms with van der Waals surface area (Å²) in [6, 6.07) is 7.70. The second kappa shape index (κ2) is 10.5. The lowest BCUT2D eigenvalue weighted by Gasteiger charge is -2.27. The Hall–Kier alpha value is -2.77. The number of hydrogen-bond donors (Lipinski definition) is 2. The van der Waals surface area contributed by atoms with Gasteiger partial charge in [0, 0.05) is 7.05 Å². The largest absolute Gasteiger partial charge is 0.458 e. The summed E-state index contributed by atoms with van der Waals surface area (Å²) < 4.78 is 10.4. The molecular weight excluding hydrogens is 362 g/mol. The summed E-state index contributed by atoms with van der Waals surface area (Å²) in [6.07, 6.45) is -0.369. The summed E-state index contributed by atoms with van der Waals surface area (Å²) in [5.41, 5.74) is 2.47. The van der Waals surface area contributed by atoms with E-state index < -0.39 is 29.7 Å². The number of nitrogens with zero attached hydrogens (tertiary/aromatic N) is 1. The van der Waals surface area contributed by atoms with Gasteiger partial charge in [-0.3, -0.25) is 0 Å². The number of hydrogen-bond acceptors (Lipinski definition) is 5. The smallest absolute Gasteiger partial charge is 0.426 e. The lowest BCUT2D eigenvalue weighted by Crippen LogP contribution is -2.53. The molecule has 0 unspecified atom stereocenters. The van der Waals surface area contributed by atoms with Crippen molar-refractivity contribution in [3.8, 4) is 0 Å². The third-order valence-electron chi connectivity index (χ3n) is 3.47. The van der Waals surface area contributed by atoms with Gasteiger partial charge < -0.3 is 14.8 Å². The molecule has 0 aliphatic heterocycles. The maximum Gasteiger partial charge on any atom is 0.426 e. The van der Waals surface area contributed by atoms with E-state index in [2.05, 4.69) is 10.7 Å². The van der Waals surface area contributed by atoms with Crippen LogP contribution in [0.2, 0.25) is 0 Å². The molecule has 0 aromatic heterocycles. The van der Waals surface area contributed by atoms with Crippen LogP contribution in [0.25, 0.3) is 0 Å². The Morgan fingerprint density at radius 3 is 2.25 bits per heavy atom. The molecule has 0 saturated carbocycles. The fraction of sp³-hybridized carbons (Fsp3) is 0.550. The van der Waals surface area contributed by atoms with Crippen LogP contribution in [-0.4, -0.2) is 41.8 Å². The van der Waals surface area contributed by atoms with Crippen LogP contribution in [0.15, 0.2) is 30.3 Å². The number of benzene rings is 1. The molecule has 8 heteroatoms. The fourth-order valence-corrected chi connectivity index (χ4v) is 2.25. The van der Waals surface area contributed by atoms with Crippen LogP contribution in [-0.2, 0) is 20.9 Å². The van der Waals surface area contributed by atoms with E-state index in [1.807, 2.05) is 44.2 Å². The van der Waals surface area contributed by atoms with Gasteiger partial charge in [-0.15, -0.1) is 0 Å². The first-order chi connectivity index (χ1) is 13.0. The van der Waals surface area contributed by atoms with Crippen LogP contribution >= 0.6 is 0 Å². The van der Waals surface area contributed by atoms with E-state index in [-0.39, 0.29) is 12.5 Å². The number of esters is 1. The van der Waals surface area contributed by atoms with Crippen LogP contribution in [0.3, 0.4) is 0 Å². The molecule has 8 nitrogen and oxygen atoms in total. The number of amides is 3. The van der Waals surface area contributed by atoms with Gasteiger partial charge in [-0.1, -0.05) is 44.2 Å². The Labute approximate surface area is 166 Å².